The van der Waals surface area contributed by atoms with Crippen LogP contribution in [0, 0.1) is 6.92 Å². The smallest absolute Gasteiger partial charge is 0.268 e. The Balaban J connectivity index is 2.90. The van der Waals surface area contributed by atoms with Gasteiger partial charge in [-0.3, -0.25) is 9.80 Å². The minimum atomic E-state index is -0.359. The van der Waals surface area contributed by atoms with Crippen molar-refractivity contribution in [3.8, 4) is 0 Å². The molecular weight excluding hydrogens is 188 g/mol. The number of hydrogen-bond acceptors (Lipinski definition) is 2. The topological polar surface area (TPSA) is 46.3 Å². The van der Waals surface area contributed by atoms with Crippen molar-refractivity contribution in [1.29, 1.82) is 0 Å². The quantitative estimate of drug-likeness (QED) is 0.434. The number of aryl methyl sites for hydroxylation is 1. The minimum absolute atomic E-state index is 0.150. The van der Waals surface area contributed by atoms with Gasteiger partial charge < -0.3 is 0 Å². The molecule has 0 aromatic heterocycles. The van der Waals surface area contributed by atoms with Crippen molar-refractivity contribution in [2.24, 2.45) is 5.84 Å². The van der Waals surface area contributed by atoms with E-state index in [1.165, 1.54) is 5.01 Å². The lowest BCUT2D eigenvalue weighted by Crippen LogP contribution is -2.50. The maximum atomic E-state index is 11.9. The molecule has 1 rings (SSSR count). The molecule has 1 aromatic rings. The molecule has 2 N–H and O–H groups in total. The van der Waals surface area contributed by atoms with Crippen molar-refractivity contribution in [2.45, 2.75) is 33.2 Å². The van der Waals surface area contributed by atoms with Crippen LogP contribution < -0.4 is 5.84 Å². The van der Waals surface area contributed by atoms with E-state index >= 15 is 0 Å². The van der Waals surface area contributed by atoms with E-state index in [0.717, 1.165) is 5.56 Å². The number of benzene rings is 1. The van der Waals surface area contributed by atoms with Crippen LogP contribution in [0.1, 0.15) is 36.7 Å². The number of amides is 1. The number of rotatable bonds is 1. The molecule has 0 saturated carbocycles. The number of nitrogens with two attached hydrogens (primary N) is 1. The van der Waals surface area contributed by atoms with Gasteiger partial charge in [-0.1, -0.05) is 17.7 Å². The Kier molecular flexibility index (Phi) is 3.15. The summed E-state index contributed by atoms with van der Waals surface area (Å²) in [4.78, 5) is 11.9. The van der Waals surface area contributed by atoms with Gasteiger partial charge in [0.15, 0.2) is 0 Å². The molecule has 0 aliphatic heterocycles. The van der Waals surface area contributed by atoms with E-state index in [9.17, 15) is 4.79 Å². The molecule has 0 saturated heterocycles. The van der Waals surface area contributed by atoms with E-state index in [2.05, 4.69) is 0 Å². The van der Waals surface area contributed by atoms with Gasteiger partial charge in [0.2, 0.25) is 0 Å². The number of carbonyl (C=O) groups is 1. The SMILES string of the molecule is Cc1ccc(C(=O)N(N)C(C)(C)C)cc1. The van der Waals surface area contributed by atoms with Crippen molar-refractivity contribution in [3.63, 3.8) is 0 Å². The molecule has 0 aliphatic rings. The highest BCUT2D eigenvalue weighted by atomic mass is 16.2. The summed E-state index contributed by atoms with van der Waals surface area (Å²) in [5.74, 6) is 5.60. The lowest BCUT2D eigenvalue weighted by atomic mass is 10.1. The van der Waals surface area contributed by atoms with E-state index < -0.39 is 0 Å². The second-order valence-corrected chi connectivity index (χ2v) is 4.71. The Morgan fingerprint density at radius 1 is 1.20 bits per heavy atom. The molecule has 1 amide bonds. The summed E-state index contributed by atoms with van der Waals surface area (Å²) in [6.45, 7) is 7.69. The third kappa shape index (κ3) is 2.80. The van der Waals surface area contributed by atoms with Crippen LogP contribution in [0.3, 0.4) is 0 Å². The van der Waals surface area contributed by atoms with Crippen molar-refractivity contribution < 1.29 is 4.79 Å². The van der Waals surface area contributed by atoms with E-state index in [-0.39, 0.29) is 11.4 Å². The summed E-state index contributed by atoms with van der Waals surface area (Å²) < 4.78 is 0. The Morgan fingerprint density at radius 2 is 1.67 bits per heavy atom. The number of carbonyl (C=O) groups excluding carboxylic acids is 1. The predicted molar refractivity (Wildman–Crippen MR) is 61.3 cm³/mol. The molecule has 0 fully saturated rings. The standard InChI is InChI=1S/C12H18N2O/c1-9-5-7-10(8-6-9)11(15)14(13)12(2,3)4/h5-8H,13H2,1-4H3. The predicted octanol–water partition coefficient (Wildman–Crippen LogP) is 2.11. The van der Waals surface area contributed by atoms with Gasteiger partial charge in [-0.2, -0.15) is 0 Å². The molecule has 1 aromatic carbocycles. The Hall–Kier alpha value is -1.35. The molecule has 3 heteroatoms. The van der Waals surface area contributed by atoms with Gasteiger partial charge in [0, 0.05) is 5.56 Å². The Morgan fingerprint density at radius 3 is 2.07 bits per heavy atom. The lowest BCUT2D eigenvalue weighted by Gasteiger charge is -2.31. The molecule has 0 aliphatic carbocycles. The third-order valence-electron chi connectivity index (χ3n) is 2.24. The molecule has 0 atom stereocenters. The molecule has 3 nitrogen and oxygen atoms in total. The molecule has 0 heterocycles. The van der Waals surface area contributed by atoms with Crippen LogP contribution in [0.2, 0.25) is 0 Å². The number of hydrogen-bond donors (Lipinski definition) is 1. The fraction of sp³-hybridized carbons (Fsp3) is 0.417. The summed E-state index contributed by atoms with van der Waals surface area (Å²) in [5.41, 5.74) is 1.39. The van der Waals surface area contributed by atoms with Gasteiger partial charge in [-0.15, -0.1) is 0 Å². The summed E-state index contributed by atoms with van der Waals surface area (Å²) >= 11 is 0. The first kappa shape index (κ1) is 11.7. The lowest BCUT2D eigenvalue weighted by molar-refractivity contribution is 0.0582. The molecule has 15 heavy (non-hydrogen) atoms. The van der Waals surface area contributed by atoms with Crippen LogP contribution in [0.15, 0.2) is 24.3 Å². The Labute approximate surface area is 90.9 Å². The zero-order chi connectivity index (χ0) is 11.6. The molecule has 0 spiro atoms. The first-order chi connectivity index (χ1) is 6.82. The highest BCUT2D eigenvalue weighted by Crippen LogP contribution is 2.13. The normalized spacial score (nSPS) is 11.3. The van der Waals surface area contributed by atoms with Crippen LogP contribution in [0.25, 0.3) is 0 Å². The highest BCUT2D eigenvalue weighted by molar-refractivity contribution is 5.94. The molecule has 0 bridgehead atoms. The van der Waals surface area contributed by atoms with Crippen molar-refractivity contribution in [1.82, 2.24) is 5.01 Å². The summed E-state index contributed by atoms with van der Waals surface area (Å²) in [6, 6.07) is 7.40. The zero-order valence-electron chi connectivity index (χ0n) is 9.74. The van der Waals surface area contributed by atoms with Crippen LogP contribution >= 0.6 is 0 Å². The average molecular weight is 206 g/mol. The third-order valence-corrected chi connectivity index (χ3v) is 2.24. The second kappa shape index (κ2) is 4.03. The van der Waals surface area contributed by atoms with Gasteiger partial charge in [-0.25, -0.2) is 5.84 Å². The van der Waals surface area contributed by atoms with Crippen LogP contribution in [-0.4, -0.2) is 16.5 Å². The summed E-state index contributed by atoms with van der Waals surface area (Å²) in [5, 5.41) is 1.26. The molecule has 0 radical (unpaired) electrons. The first-order valence-corrected chi connectivity index (χ1v) is 4.98. The maximum Gasteiger partial charge on any atom is 0.268 e. The molecule has 82 valence electrons. The van der Waals surface area contributed by atoms with Gasteiger partial charge in [0.05, 0.1) is 5.54 Å². The monoisotopic (exact) mass is 206 g/mol. The van der Waals surface area contributed by atoms with Gasteiger partial charge in [0.1, 0.15) is 0 Å². The first-order valence-electron chi connectivity index (χ1n) is 4.98. The fourth-order valence-electron chi connectivity index (χ4n) is 1.14. The van der Waals surface area contributed by atoms with Crippen molar-refractivity contribution >= 4 is 5.91 Å². The van der Waals surface area contributed by atoms with Crippen LogP contribution in [0.5, 0.6) is 0 Å². The van der Waals surface area contributed by atoms with Crippen molar-refractivity contribution in [3.05, 3.63) is 35.4 Å². The Bertz CT molecular complexity index is 349. The highest BCUT2D eigenvalue weighted by Gasteiger charge is 2.24. The largest absolute Gasteiger partial charge is 0.271 e. The van der Waals surface area contributed by atoms with Gasteiger partial charge in [0.25, 0.3) is 5.91 Å². The maximum absolute atomic E-state index is 11.9. The summed E-state index contributed by atoms with van der Waals surface area (Å²) in [7, 11) is 0. The number of hydrazine groups is 1. The van der Waals surface area contributed by atoms with E-state index in [1.807, 2.05) is 39.8 Å². The van der Waals surface area contributed by atoms with Crippen molar-refractivity contribution in [2.75, 3.05) is 0 Å². The number of nitrogens with zero attached hydrogens (tertiary/aromatic N) is 1. The van der Waals surface area contributed by atoms with Gasteiger partial charge >= 0.3 is 0 Å². The van der Waals surface area contributed by atoms with E-state index in [0.29, 0.717) is 5.56 Å². The van der Waals surface area contributed by atoms with E-state index in [1.54, 1.807) is 12.1 Å². The average Bonchev–Trinajstić information content (AvgIpc) is 2.15. The summed E-state index contributed by atoms with van der Waals surface area (Å²) in [6.07, 6.45) is 0. The zero-order valence-corrected chi connectivity index (χ0v) is 9.74. The molecular formula is C12H18N2O. The van der Waals surface area contributed by atoms with Gasteiger partial charge in [-0.05, 0) is 39.8 Å². The minimum Gasteiger partial charge on any atom is -0.271 e. The van der Waals surface area contributed by atoms with Crippen LogP contribution in [0.4, 0.5) is 0 Å². The second-order valence-electron chi connectivity index (χ2n) is 4.71. The van der Waals surface area contributed by atoms with Crippen LogP contribution in [-0.2, 0) is 0 Å². The fourth-order valence-corrected chi connectivity index (χ4v) is 1.14. The molecule has 0 unspecified atom stereocenters. The van der Waals surface area contributed by atoms with E-state index in [4.69, 9.17) is 5.84 Å².